The highest BCUT2D eigenvalue weighted by atomic mass is 16.2. The van der Waals surface area contributed by atoms with E-state index in [4.69, 9.17) is 0 Å². The molecule has 0 atom stereocenters. The Morgan fingerprint density at radius 3 is 2.60 bits per heavy atom. The van der Waals surface area contributed by atoms with Crippen LogP contribution in [0.4, 0.5) is 5.69 Å². The average molecular weight is 335 g/mol. The number of benzene rings is 1. The first-order valence-electron chi connectivity index (χ1n) is 9.14. The van der Waals surface area contributed by atoms with Crippen LogP contribution in [0.25, 0.3) is 0 Å². The van der Waals surface area contributed by atoms with Gasteiger partial charge in [0, 0.05) is 31.9 Å². The number of fused-ring (bicyclic) bond motifs is 1. The maximum Gasteiger partial charge on any atom is 0.223 e. The van der Waals surface area contributed by atoms with E-state index in [9.17, 15) is 4.79 Å². The fourth-order valence-corrected chi connectivity index (χ4v) is 4.33. The van der Waals surface area contributed by atoms with Gasteiger partial charge in [-0.2, -0.15) is 0 Å². The number of hydrogen-bond acceptors (Lipinski definition) is 3. The number of piperidine rings is 1. The maximum atomic E-state index is 12.2. The number of aromatic nitrogens is 1. The van der Waals surface area contributed by atoms with Crippen LogP contribution in [0.2, 0.25) is 0 Å². The fourth-order valence-electron chi connectivity index (χ4n) is 4.33. The molecule has 2 aromatic rings. The first-order chi connectivity index (χ1) is 12.2. The number of likely N-dealkylation sites (tertiary alicyclic amines) is 1. The quantitative estimate of drug-likeness (QED) is 0.845. The molecule has 1 fully saturated rings. The van der Waals surface area contributed by atoms with Crippen molar-refractivity contribution < 1.29 is 4.79 Å². The Morgan fingerprint density at radius 2 is 1.88 bits per heavy atom. The van der Waals surface area contributed by atoms with Crippen LogP contribution in [0.1, 0.15) is 31.0 Å². The molecule has 0 aliphatic carbocycles. The molecule has 1 aromatic carbocycles. The molecular weight excluding hydrogens is 310 g/mol. The van der Waals surface area contributed by atoms with Crippen molar-refractivity contribution in [3.05, 3.63) is 59.9 Å². The lowest BCUT2D eigenvalue weighted by Gasteiger charge is -2.48. The Bertz CT molecular complexity index is 751. The number of carbonyl (C=O) groups excluding carboxylic acids is 1. The van der Waals surface area contributed by atoms with E-state index in [0.29, 0.717) is 0 Å². The molecule has 3 heterocycles. The largest absolute Gasteiger partial charge is 0.312 e. The molecule has 0 bridgehead atoms. The smallest absolute Gasteiger partial charge is 0.223 e. The molecule has 0 saturated carbocycles. The van der Waals surface area contributed by atoms with E-state index in [1.165, 1.54) is 5.56 Å². The zero-order chi connectivity index (χ0) is 17.3. The van der Waals surface area contributed by atoms with Gasteiger partial charge in [-0.1, -0.05) is 24.3 Å². The summed E-state index contributed by atoms with van der Waals surface area (Å²) in [5.41, 5.74) is 3.79. The van der Waals surface area contributed by atoms with Crippen molar-refractivity contribution in [2.24, 2.45) is 5.41 Å². The van der Waals surface area contributed by atoms with Gasteiger partial charge in [-0.3, -0.25) is 14.7 Å². The van der Waals surface area contributed by atoms with E-state index in [-0.39, 0.29) is 11.3 Å². The Kier molecular flexibility index (Phi) is 4.30. The van der Waals surface area contributed by atoms with Gasteiger partial charge in [-0.25, -0.2) is 0 Å². The van der Waals surface area contributed by atoms with E-state index in [2.05, 4.69) is 40.2 Å². The molecule has 1 aromatic heterocycles. The number of para-hydroxylation sites is 1. The van der Waals surface area contributed by atoms with Crippen LogP contribution in [0, 0.1) is 5.41 Å². The predicted octanol–water partition coefficient (Wildman–Crippen LogP) is 3.27. The lowest BCUT2D eigenvalue weighted by molar-refractivity contribution is -0.117. The van der Waals surface area contributed by atoms with Crippen molar-refractivity contribution in [3.63, 3.8) is 0 Å². The lowest BCUT2D eigenvalue weighted by Crippen LogP contribution is -2.51. The summed E-state index contributed by atoms with van der Waals surface area (Å²) in [6.45, 7) is 5.61. The van der Waals surface area contributed by atoms with E-state index in [1.807, 2.05) is 23.2 Å². The molecule has 25 heavy (non-hydrogen) atoms. The molecule has 4 nitrogen and oxygen atoms in total. The third kappa shape index (κ3) is 3.31. The van der Waals surface area contributed by atoms with Gasteiger partial charge in [0.2, 0.25) is 5.91 Å². The van der Waals surface area contributed by atoms with E-state index in [0.717, 1.165) is 56.8 Å². The van der Waals surface area contributed by atoms with E-state index < -0.39 is 0 Å². The van der Waals surface area contributed by atoms with Crippen molar-refractivity contribution in [1.29, 1.82) is 0 Å². The summed E-state index contributed by atoms with van der Waals surface area (Å²) in [6, 6.07) is 14.5. The molecular formula is C21H25N3O. The number of rotatable bonds is 2. The molecule has 130 valence electrons. The van der Waals surface area contributed by atoms with Crippen LogP contribution >= 0.6 is 0 Å². The van der Waals surface area contributed by atoms with Crippen molar-refractivity contribution >= 4 is 11.6 Å². The summed E-state index contributed by atoms with van der Waals surface area (Å²) in [4.78, 5) is 21.1. The molecule has 4 heteroatoms. The van der Waals surface area contributed by atoms with Crippen LogP contribution in [0.3, 0.4) is 0 Å². The number of anilines is 1. The molecule has 0 N–H and O–H groups in total. The van der Waals surface area contributed by atoms with Crippen LogP contribution in [-0.2, 0) is 17.8 Å². The number of amides is 1. The molecule has 0 unspecified atom stereocenters. The summed E-state index contributed by atoms with van der Waals surface area (Å²) in [5, 5.41) is 0. The van der Waals surface area contributed by atoms with Gasteiger partial charge >= 0.3 is 0 Å². The summed E-state index contributed by atoms with van der Waals surface area (Å²) in [5.74, 6) is 0.155. The minimum absolute atomic E-state index is 0.155. The first kappa shape index (κ1) is 16.3. The van der Waals surface area contributed by atoms with E-state index in [1.54, 1.807) is 6.92 Å². The number of carbonyl (C=O) groups is 1. The van der Waals surface area contributed by atoms with Crippen molar-refractivity contribution in [3.8, 4) is 0 Å². The zero-order valence-electron chi connectivity index (χ0n) is 14.8. The number of hydrogen-bond donors (Lipinski definition) is 0. The molecule has 2 aliphatic heterocycles. The first-order valence-corrected chi connectivity index (χ1v) is 9.14. The minimum Gasteiger partial charge on any atom is -0.312 e. The minimum atomic E-state index is 0.155. The predicted molar refractivity (Wildman–Crippen MR) is 99.4 cm³/mol. The topological polar surface area (TPSA) is 36.4 Å². The van der Waals surface area contributed by atoms with Gasteiger partial charge in [0.15, 0.2) is 0 Å². The fraction of sp³-hybridized carbons (Fsp3) is 0.429. The van der Waals surface area contributed by atoms with Crippen molar-refractivity contribution in [1.82, 2.24) is 9.88 Å². The highest BCUT2D eigenvalue weighted by Gasteiger charge is 2.41. The van der Waals surface area contributed by atoms with Crippen LogP contribution in [0.5, 0.6) is 0 Å². The molecule has 0 radical (unpaired) electrons. The van der Waals surface area contributed by atoms with Gasteiger partial charge < -0.3 is 4.90 Å². The SMILES string of the molecule is CC(=O)N1CC2(CCN(Cc3ccccn3)CC2)Cc2ccccc21. The highest BCUT2D eigenvalue weighted by Crippen LogP contribution is 2.43. The number of pyridine rings is 1. The second-order valence-corrected chi connectivity index (χ2v) is 7.51. The monoisotopic (exact) mass is 335 g/mol. The summed E-state index contributed by atoms with van der Waals surface area (Å²) >= 11 is 0. The molecule has 1 spiro atoms. The van der Waals surface area contributed by atoms with Gasteiger partial charge in [0.1, 0.15) is 0 Å². The Morgan fingerprint density at radius 1 is 1.12 bits per heavy atom. The van der Waals surface area contributed by atoms with Crippen LogP contribution in [0.15, 0.2) is 48.7 Å². The Hall–Kier alpha value is -2.20. The van der Waals surface area contributed by atoms with Crippen molar-refractivity contribution in [2.75, 3.05) is 24.5 Å². The lowest BCUT2D eigenvalue weighted by atomic mass is 9.71. The second kappa shape index (κ2) is 6.60. The molecule has 1 saturated heterocycles. The Balaban J connectivity index is 1.48. The highest BCUT2D eigenvalue weighted by molar-refractivity contribution is 5.93. The molecule has 2 aliphatic rings. The maximum absolute atomic E-state index is 12.2. The number of nitrogens with zero attached hydrogens (tertiary/aromatic N) is 3. The molecule has 4 rings (SSSR count). The van der Waals surface area contributed by atoms with Crippen molar-refractivity contribution in [2.45, 2.75) is 32.7 Å². The zero-order valence-corrected chi connectivity index (χ0v) is 14.8. The third-order valence-electron chi connectivity index (χ3n) is 5.75. The van der Waals surface area contributed by atoms with Gasteiger partial charge in [-0.05, 0) is 61.5 Å². The van der Waals surface area contributed by atoms with Crippen LogP contribution < -0.4 is 4.90 Å². The third-order valence-corrected chi connectivity index (χ3v) is 5.75. The van der Waals surface area contributed by atoms with Crippen LogP contribution in [-0.4, -0.2) is 35.4 Å². The summed E-state index contributed by atoms with van der Waals surface area (Å²) in [6.07, 6.45) is 5.23. The van der Waals surface area contributed by atoms with Gasteiger partial charge in [-0.15, -0.1) is 0 Å². The molecule has 1 amide bonds. The normalized spacial score (nSPS) is 19.6. The van der Waals surface area contributed by atoms with E-state index >= 15 is 0 Å². The van der Waals surface area contributed by atoms with Gasteiger partial charge in [0.05, 0.1) is 5.69 Å². The van der Waals surface area contributed by atoms with Gasteiger partial charge in [0.25, 0.3) is 0 Å². The average Bonchev–Trinajstić information content (AvgIpc) is 2.64. The second-order valence-electron chi connectivity index (χ2n) is 7.51. The summed E-state index contributed by atoms with van der Waals surface area (Å²) in [7, 11) is 0. The summed E-state index contributed by atoms with van der Waals surface area (Å²) < 4.78 is 0. The Labute approximate surface area is 149 Å². The standard InChI is InChI=1S/C21H25N3O/c1-17(25)24-16-21(14-18-6-2-3-8-20(18)24)9-12-23(13-10-21)15-19-7-4-5-11-22-19/h2-8,11H,9-10,12-16H2,1H3.